The van der Waals surface area contributed by atoms with Crippen molar-refractivity contribution in [2.24, 2.45) is 0 Å². The zero-order valence-electron chi connectivity index (χ0n) is 19.0. The van der Waals surface area contributed by atoms with E-state index in [0.29, 0.717) is 43.1 Å². The Bertz CT molecular complexity index is 1350. The fourth-order valence-corrected chi connectivity index (χ4v) is 4.25. The quantitative estimate of drug-likeness (QED) is 0.168. The largest absolute Gasteiger partial charge is 0.487 e. The Morgan fingerprint density at radius 3 is 2.80 bits per heavy atom. The highest BCUT2D eigenvalue weighted by Crippen LogP contribution is 2.26. The van der Waals surface area contributed by atoms with Gasteiger partial charge in [-0.2, -0.15) is 4.39 Å². The van der Waals surface area contributed by atoms with E-state index in [-0.39, 0.29) is 29.5 Å². The molecule has 1 aliphatic carbocycles. The molecule has 0 unspecified atom stereocenters. The van der Waals surface area contributed by atoms with Crippen LogP contribution in [0.1, 0.15) is 17.3 Å². The Kier molecular flexibility index (Phi) is 9.41. The van der Waals surface area contributed by atoms with Crippen molar-refractivity contribution >= 4 is 51.8 Å². The van der Waals surface area contributed by atoms with Crippen LogP contribution in [0.2, 0.25) is 0 Å². The van der Waals surface area contributed by atoms with Crippen LogP contribution < -0.4 is 15.5 Å². The molecule has 2 aliphatic rings. The number of nitrogens with one attached hydrogen (secondary N) is 2. The van der Waals surface area contributed by atoms with E-state index >= 15 is 0 Å². The lowest BCUT2D eigenvalue weighted by Crippen LogP contribution is -2.37. The van der Waals surface area contributed by atoms with Crippen molar-refractivity contribution in [3.63, 3.8) is 0 Å². The van der Waals surface area contributed by atoms with Gasteiger partial charge >= 0.3 is 0 Å². The van der Waals surface area contributed by atoms with Gasteiger partial charge in [-0.25, -0.2) is 4.98 Å². The number of hydrogen-bond acceptors (Lipinski definition) is 5. The molecular formula is C25H25ClFIN4O3. The molecule has 35 heavy (non-hydrogen) atoms. The van der Waals surface area contributed by atoms with Crippen molar-refractivity contribution in [3.05, 3.63) is 80.0 Å². The summed E-state index contributed by atoms with van der Waals surface area (Å²) in [6, 6.07) is 13.9. The standard InChI is InChI=1S/C25H24FIN4O3.ClH/c1-2-31(12-13-34-22-4-3-9-28-24(22)26)11-10-29-25(33)18-6-8-21(32)19-15-16-14-17(27)5-7-20(16)30-23(18)19;/h3-9,14-15,30H,2,10-13H2,1H3,(H,29,33);1H. The number of aromatic amines is 1. The summed E-state index contributed by atoms with van der Waals surface area (Å²) in [4.78, 5) is 34.3. The minimum atomic E-state index is -0.631. The topological polar surface area (TPSA) is 87.3 Å². The van der Waals surface area contributed by atoms with Gasteiger partial charge in [0.1, 0.15) is 6.61 Å². The van der Waals surface area contributed by atoms with E-state index in [2.05, 4.69) is 42.8 Å². The normalized spacial score (nSPS) is 11.0. The highest BCUT2D eigenvalue weighted by molar-refractivity contribution is 14.1. The lowest BCUT2D eigenvalue weighted by atomic mass is 10.00. The van der Waals surface area contributed by atoms with Crippen LogP contribution in [-0.4, -0.2) is 53.6 Å². The Labute approximate surface area is 222 Å². The molecule has 7 nitrogen and oxygen atoms in total. The molecule has 1 aromatic carbocycles. The third-order valence-corrected chi connectivity index (χ3v) is 6.24. The number of amides is 1. The first-order chi connectivity index (χ1) is 16.5. The summed E-state index contributed by atoms with van der Waals surface area (Å²) in [7, 11) is 0. The SMILES string of the molecule is CCN(CCNC(=O)c1ccc(=O)c2cc3cc(I)ccc3[nH]c1-2)CCOc1cccnc1F.Cl. The molecule has 0 spiro atoms. The number of rotatable bonds is 9. The maximum absolute atomic E-state index is 13.6. The van der Waals surface area contributed by atoms with Gasteiger partial charge in [0.25, 0.3) is 11.9 Å². The van der Waals surface area contributed by atoms with Gasteiger partial charge in [-0.15, -0.1) is 12.4 Å². The van der Waals surface area contributed by atoms with Crippen molar-refractivity contribution in [1.82, 2.24) is 20.2 Å². The summed E-state index contributed by atoms with van der Waals surface area (Å²) in [6.07, 6.45) is 1.37. The van der Waals surface area contributed by atoms with E-state index < -0.39 is 5.95 Å². The van der Waals surface area contributed by atoms with Crippen LogP contribution in [-0.2, 0) is 0 Å². The van der Waals surface area contributed by atoms with Gasteiger partial charge in [0.05, 0.1) is 11.3 Å². The molecule has 2 aromatic rings. The number of nitrogens with zero attached hydrogens (tertiary/aromatic N) is 2. The number of benzene rings is 2. The predicted octanol–water partition coefficient (Wildman–Crippen LogP) is 4.32. The monoisotopic (exact) mass is 610 g/mol. The maximum atomic E-state index is 13.6. The van der Waals surface area contributed by atoms with E-state index in [0.717, 1.165) is 21.0 Å². The number of halogens is 3. The molecule has 0 fully saturated rings. The summed E-state index contributed by atoms with van der Waals surface area (Å²) in [5.41, 5.74) is 2.16. The van der Waals surface area contributed by atoms with Crippen LogP contribution in [0.25, 0.3) is 22.2 Å². The number of aromatic nitrogens is 2. The van der Waals surface area contributed by atoms with Gasteiger partial charge in [0, 0.05) is 40.5 Å². The first-order valence-corrected chi connectivity index (χ1v) is 12.0. The molecule has 2 N–H and O–H groups in total. The molecule has 1 amide bonds. The van der Waals surface area contributed by atoms with Crippen molar-refractivity contribution in [2.75, 3.05) is 32.8 Å². The zero-order chi connectivity index (χ0) is 24.1. The highest BCUT2D eigenvalue weighted by Gasteiger charge is 2.18. The van der Waals surface area contributed by atoms with Gasteiger partial charge in [0.15, 0.2) is 11.2 Å². The number of H-pyrrole nitrogens is 1. The minimum absolute atomic E-state index is 0. The fourth-order valence-electron chi connectivity index (χ4n) is 3.74. The van der Waals surface area contributed by atoms with Crippen molar-refractivity contribution < 1.29 is 13.9 Å². The van der Waals surface area contributed by atoms with E-state index in [1.165, 1.54) is 18.3 Å². The second-order valence-corrected chi connectivity index (χ2v) is 8.98. The molecule has 1 aromatic heterocycles. The van der Waals surface area contributed by atoms with E-state index in [9.17, 15) is 14.0 Å². The number of ether oxygens (including phenoxy) is 1. The van der Waals surface area contributed by atoms with Crippen LogP contribution in [0.3, 0.4) is 0 Å². The Morgan fingerprint density at radius 1 is 1.20 bits per heavy atom. The van der Waals surface area contributed by atoms with Crippen LogP contribution in [0.15, 0.2) is 59.5 Å². The lowest BCUT2D eigenvalue weighted by molar-refractivity contribution is 0.0947. The maximum Gasteiger partial charge on any atom is 0.255 e. The lowest BCUT2D eigenvalue weighted by Gasteiger charge is -2.21. The van der Waals surface area contributed by atoms with Crippen molar-refractivity contribution in [2.45, 2.75) is 6.92 Å². The van der Waals surface area contributed by atoms with Crippen LogP contribution >= 0.6 is 35.0 Å². The number of hydrogen-bond donors (Lipinski definition) is 2. The third-order valence-electron chi connectivity index (χ3n) is 5.57. The number of likely N-dealkylation sites (N-methyl/N-ethyl adjacent to an activating group) is 1. The molecule has 10 heteroatoms. The molecule has 0 radical (unpaired) electrons. The number of carbonyl (C=O) groups is 1. The van der Waals surface area contributed by atoms with Crippen LogP contribution in [0.5, 0.6) is 5.75 Å². The van der Waals surface area contributed by atoms with Crippen LogP contribution in [0.4, 0.5) is 4.39 Å². The van der Waals surface area contributed by atoms with Crippen LogP contribution in [0, 0.1) is 9.52 Å². The molecule has 4 rings (SSSR count). The molecule has 184 valence electrons. The number of carbonyl (C=O) groups excluding carboxylic acids is 1. The first-order valence-electron chi connectivity index (χ1n) is 11.0. The molecular weight excluding hydrogens is 586 g/mol. The second kappa shape index (κ2) is 12.3. The minimum Gasteiger partial charge on any atom is -0.487 e. The molecule has 0 bridgehead atoms. The third kappa shape index (κ3) is 6.47. The summed E-state index contributed by atoms with van der Waals surface area (Å²) >= 11 is 2.23. The summed E-state index contributed by atoms with van der Waals surface area (Å²) < 4.78 is 20.1. The summed E-state index contributed by atoms with van der Waals surface area (Å²) in [5.74, 6) is -0.761. The van der Waals surface area contributed by atoms with Gasteiger partial charge in [0.2, 0.25) is 0 Å². The molecule has 2 heterocycles. The van der Waals surface area contributed by atoms with Gasteiger partial charge in [-0.1, -0.05) is 6.92 Å². The Balaban J connectivity index is 0.00000342. The van der Waals surface area contributed by atoms with Gasteiger partial charge in [-0.05, 0) is 83.1 Å². The van der Waals surface area contributed by atoms with E-state index in [1.807, 2.05) is 31.2 Å². The molecule has 0 saturated carbocycles. The number of pyridine rings is 2. The van der Waals surface area contributed by atoms with Crippen molar-refractivity contribution in [3.8, 4) is 17.0 Å². The average molecular weight is 611 g/mol. The van der Waals surface area contributed by atoms with Gasteiger partial charge in [-0.3, -0.25) is 14.5 Å². The van der Waals surface area contributed by atoms with Crippen molar-refractivity contribution in [1.29, 1.82) is 0 Å². The second-order valence-electron chi connectivity index (χ2n) is 7.73. The number of fused-ring (bicyclic) bond motifs is 2. The Hall–Kier alpha value is -2.76. The molecule has 1 aliphatic heterocycles. The smallest absolute Gasteiger partial charge is 0.255 e. The predicted molar refractivity (Wildman–Crippen MR) is 145 cm³/mol. The zero-order valence-corrected chi connectivity index (χ0v) is 22.0. The van der Waals surface area contributed by atoms with E-state index in [1.54, 1.807) is 12.1 Å². The summed E-state index contributed by atoms with van der Waals surface area (Å²) in [5, 5.41) is 3.85. The summed E-state index contributed by atoms with van der Waals surface area (Å²) in [6.45, 7) is 4.66. The average Bonchev–Trinajstić information content (AvgIpc) is 2.83. The highest BCUT2D eigenvalue weighted by atomic mass is 127. The first kappa shape index (κ1) is 26.8. The van der Waals surface area contributed by atoms with Gasteiger partial charge < -0.3 is 15.0 Å². The Morgan fingerprint density at radius 2 is 2.03 bits per heavy atom. The van der Waals surface area contributed by atoms with E-state index in [4.69, 9.17) is 4.74 Å². The fraction of sp³-hybridized carbons (Fsp3) is 0.240. The molecule has 0 atom stereocenters. The molecule has 0 saturated heterocycles.